The van der Waals surface area contributed by atoms with Crippen molar-refractivity contribution in [2.24, 2.45) is 0 Å². The van der Waals surface area contributed by atoms with Crippen molar-refractivity contribution in [3.05, 3.63) is 23.8 Å². The lowest BCUT2D eigenvalue weighted by Gasteiger charge is -2.08. The van der Waals surface area contributed by atoms with Gasteiger partial charge in [-0.15, -0.1) is 0 Å². The highest BCUT2D eigenvalue weighted by Crippen LogP contribution is 2.30. The van der Waals surface area contributed by atoms with Crippen LogP contribution in [-0.4, -0.2) is 28.6 Å². The van der Waals surface area contributed by atoms with Crippen molar-refractivity contribution in [3.8, 4) is 11.5 Å². The Balaban J connectivity index is 2.92. The first-order valence-corrected chi connectivity index (χ1v) is 4.76. The second-order valence-electron chi connectivity index (χ2n) is 3.10. The van der Waals surface area contributed by atoms with Crippen LogP contribution in [0.2, 0.25) is 0 Å². The van der Waals surface area contributed by atoms with Crippen LogP contribution in [0.1, 0.15) is 12.5 Å². The van der Waals surface area contributed by atoms with Gasteiger partial charge in [-0.05, 0) is 13.0 Å². The molecule has 0 unspecified atom stereocenters. The zero-order valence-electron chi connectivity index (χ0n) is 8.77. The lowest BCUT2D eigenvalue weighted by Crippen LogP contribution is -2.15. The summed E-state index contributed by atoms with van der Waals surface area (Å²) in [4.78, 5) is 21.3. The molecule has 0 bridgehead atoms. The lowest BCUT2D eigenvalue weighted by atomic mass is 10.1. The van der Waals surface area contributed by atoms with Crippen molar-refractivity contribution >= 4 is 11.8 Å². The first-order chi connectivity index (χ1) is 7.56. The van der Waals surface area contributed by atoms with Crippen molar-refractivity contribution in [2.45, 2.75) is 13.3 Å². The molecule has 1 aromatic rings. The number of carbonyl (C=O) groups excluding carboxylic acids is 1. The summed E-state index contributed by atoms with van der Waals surface area (Å²) in [6.45, 7) is 2.14. The lowest BCUT2D eigenvalue weighted by molar-refractivity contribution is -0.148. The van der Waals surface area contributed by atoms with Crippen molar-refractivity contribution in [1.29, 1.82) is 0 Å². The van der Waals surface area contributed by atoms with Crippen LogP contribution in [0, 0.1) is 0 Å². The van der Waals surface area contributed by atoms with E-state index in [-0.39, 0.29) is 23.5 Å². The highest BCUT2D eigenvalue weighted by Gasteiger charge is 2.16. The first kappa shape index (κ1) is 12.0. The number of para-hydroxylation sites is 1. The summed E-state index contributed by atoms with van der Waals surface area (Å²) >= 11 is 0. The van der Waals surface area contributed by atoms with Gasteiger partial charge in [-0.3, -0.25) is 4.79 Å². The minimum Gasteiger partial charge on any atom is -0.504 e. The van der Waals surface area contributed by atoms with Crippen molar-refractivity contribution in [2.75, 3.05) is 6.61 Å². The van der Waals surface area contributed by atoms with Crippen LogP contribution >= 0.6 is 0 Å². The van der Waals surface area contributed by atoms with Gasteiger partial charge in [0, 0.05) is 12.0 Å². The van der Waals surface area contributed by atoms with Gasteiger partial charge >= 0.3 is 5.97 Å². The van der Waals surface area contributed by atoms with Crippen LogP contribution in [0.3, 0.4) is 0 Å². The van der Waals surface area contributed by atoms with Gasteiger partial charge in [0.15, 0.2) is 11.5 Å². The van der Waals surface area contributed by atoms with Crippen LogP contribution in [0.4, 0.5) is 0 Å². The van der Waals surface area contributed by atoms with Crippen molar-refractivity contribution < 1.29 is 24.5 Å². The van der Waals surface area contributed by atoms with Crippen molar-refractivity contribution in [1.82, 2.24) is 0 Å². The topological polar surface area (TPSA) is 83.8 Å². The smallest absolute Gasteiger partial charge is 0.372 e. The third kappa shape index (κ3) is 2.73. The second kappa shape index (κ2) is 5.16. The molecule has 2 N–H and O–H groups in total. The Bertz CT molecular complexity index is 411. The number of rotatable bonds is 5. The number of ether oxygens (including phenoxy) is 1. The van der Waals surface area contributed by atoms with Gasteiger partial charge in [-0.25, -0.2) is 4.79 Å². The van der Waals surface area contributed by atoms with E-state index in [9.17, 15) is 14.7 Å². The molecule has 0 heterocycles. The maximum atomic E-state index is 11.0. The third-order valence-electron chi connectivity index (χ3n) is 1.97. The standard InChI is InChI=1S/C11H12O5/c1-2-16-9-5-3-4-7(10(9)13)6-8(12)11(14)15/h3-5,13H,2,6H2,1H3,(H,14,15). The Labute approximate surface area is 92.3 Å². The summed E-state index contributed by atoms with van der Waals surface area (Å²) in [7, 11) is 0. The normalized spacial score (nSPS) is 9.81. The van der Waals surface area contributed by atoms with Gasteiger partial charge in [0.25, 0.3) is 0 Å². The van der Waals surface area contributed by atoms with E-state index in [1.54, 1.807) is 19.1 Å². The number of Topliss-reactive ketones (excluding diaryl/α,β-unsaturated/α-hetero) is 1. The van der Waals surface area contributed by atoms with E-state index in [1.165, 1.54) is 6.07 Å². The molecule has 86 valence electrons. The first-order valence-electron chi connectivity index (χ1n) is 4.76. The number of benzene rings is 1. The number of carbonyl (C=O) groups is 2. The predicted octanol–water partition coefficient (Wildman–Crippen LogP) is 0.987. The van der Waals surface area contributed by atoms with E-state index < -0.39 is 11.8 Å². The Hall–Kier alpha value is -2.04. The number of aliphatic carboxylic acids is 1. The molecule has 0 radical (unpaired) electrons. The van der Waals surface area contributed by atoms with Gasteiger partial charge in [0.2, 0.25) is 5.78 Å². The average molecular weight is 224 g/mol. The molecule has 16 heavy (non-hydrogen) atoms. The number of carboxylic acid groups (broad SMARTS) is 1. The third-order valence-corrected chi connectivity index (χ3v) is 1.97. The molecule has 5 nitrogen and oxygen atoms in total. The number of carboxylic acids is 1. The number of hydrogen-bond acceptors (Lipinski definition) is 4. The monoisotopic (exact) mass is 224 g/mol. The molecule has 0 amide bonds. The van der Waals surface area contributed by atoms with Crippen LogP contribution in [0.25, 0.3) is 0 Å². The number of hydrogen-bond donors (Lipinski definition) is 2. The quantitative estimate of drug-likeness (QED) is 0.728. The number of phenolic OH excluding ortho intramolecular Hbond substituents is 1. The maximum absolute atomic E-state index is 11.0. The van der Waals surface area contributed by atoms with E-state index in [0.717, 1.165) is 0 Å². The van der Waals surface area contributed by atoms with Crippen LogP contribution in [0.15, 0.2) is 18.2 Å². The van der Waals surface area contributed by atoms with Gasteiger partial charge in [-0.1, -0.05) is 12.1 Å². The van der Waals surface area contributed by atoms with E-state index in [2.05, 4.69) is 0 Å². The number of ketones is 1. The molecule has 0 aliphatic heterocycles. The summed E-state index contributed by atoms with van der Waals surface area (Å²) in [6.07, 6.45) is -0.345. The summed E-state index contributed by atoms with van der Waals surface area (Å²) in [5, 5.41) is 18.1. The molecule has 0 fully saturated rings. The molecule has 0 aliphatic rings. The fourth-order valence-electron chi connectivity index (χ4n) is 1.23. The van der Waals surface area contributed by atoms with Gasteiger partial charge < -0.3 is 14.9 Å². The highest BCUT2D eigenvalue weighted by atomic mass is 16.5. The number of aromatic hydroxyl groups is 1. The molecule has 1 aromatic carbocycles. The molecule has 0 atom stereocenters. The Kier molecular flexibility index (Phi) is 3.88. The predicted molar refractivity (Wildman–Crippen MR) is 55.6 cm³/mol. The molecular formula is C11H12O5. The maximum Gasteiger partial charge on any atom is 0.372 e. The summed E-state index contributed by atoms with van der Waals surface area (Å²) in [5.41, 5.74) is 0.248. The SMILES string of the molecule is CCOc1cccc(CC(=O)C(=O)O)c1O. The van der Waals surface area contributed by atoms with E-state index in [1.807, 2.05) is 0 Å². The molecule has 0 saturated carbocycles. The van der Waals surface area contributed by atoms with E-state index >= 15 is 0 Å². The van der Waals surface area contributed by atoms with E-state index in [0.29, 0.717) is 6.61 Å². The zero-order chi connectivity index (χ0) is 12.1. The summed E-state index contributed by atoms with van der Waals surface area (Å²) in [5.74, 6) is -2.41. The fourth-order valence-corrected chi connectivity index (χ4v) is 1.23. The second-order valence-corrected chi connectivity index (χ2v) is 3.10. The molecule has 5 heteroatoms. The molecular weight excluding hydrogens is 212 g/mol. The van der Waals surface area contributed by atoms with Crippen LogP contribution in [0.5, 0.6) is 11.5 Å². The summed E-state index contributed by atoms with van der Waals surface area (Å²) in [6, 6.07) is 4.63. The minimum atomic E-state index is -1.51. The molecule has 0 spiro atoms. The van der Waals surface area contributed by atoms with Crippen LogP contribution < -0.4 is 4.74 Å². The Morgan fingerprint density at radius 2 is 2.06 bits per heavy atom. The van der Waals surface area contributed by atoms with E-state index in [4.69, 9.17) is 9.84 Å². The average Bonchev–Trinajstić information content (AvgIpc) is 2.24. The largest absolute Gasteiger partial charge is 0.504 e. The molecule has 0 saturated heterocycles. The molecule has 0 aromatic heterocycles. The number of phenols is 1. The molecule has 0 aliphatic carbocycles. The van der Waals surface area contributed by atoms with Crippen LogP contribution in [-0.2, 0) is 16.0 Å². The van der Waals surface area contributed by atoms with Gasteiger partial charge in [0.05, 0.1) is 6.61 Å². The minimum absolute atomic E-state index is 0.182. The summed E-state index contributed by atoms with van der Waals surface area (Å²) < 4.78 is 5.11. The van der Waals surface area contributed by atoms with Crippen molar-refractivity contribution in [3.63, 3.8) is 0 Å². The fraction of sp³-hybridized carbons (Fsp3) is 0.273. The highest BCUT2D eigenvalue weighted by molar-refractivity contribution is 6.33. The zero-order valence-corrected chi connectivity index (χ0v) is 8.77. The Morgan fingerprint density at radius 1 is 1.38 bits per heavy atom. The van der Waals surface area contributed by atoms with Gasteiger partial charge in [-0.2, -0.15) is 0 Å². The Morgan fingerprint density at radius 3 is 2.62 bits per heavy atom. The van der Waals surface area contributed by atoms with Gasteiger partial charge in [0.1, 0.15) is 0 Å². The molecule has 1 rings (SSSR count).